The van der Waals surface area contributed by atoms with Gasteiger partial charge in [-0.15, -0.1) is 40.5 Å². The average molecular weight is 343 g/mol. The van der Waals surface area contributed by atoms with E-state index in [0.29, 0.717) is 0 Å². The molecular formula is H4N4O12Zr. The summed E-state index contributed by atoms with van der Waals surface area (Å²) in [5.41, 5.74) is 0. The molecule has 16 nitrogen and oxygen atoms in total. The Morgan fingerprint density at radius 1 is 0.529 bits per heavy atom. The van der Waals surface area contributed by atoms with Crippen LogP contribution in [-0.2, 0) is 26.2 Å². The van der Waals surface area contributed by atoms with Crippen LogP contribution in [0.1, 0.15) is 0 Å². The van der Waals surface area contributed by atoms with Gasteiger partial charge in [-0.05, 0) is 0 Å². The van der Waals surface area contributed by atoms with E-state index in [2.05, 4.69) is 0 Å². The number of rotatable bonds is 0. The van der Waals surface area contributed by atoms with E-state index in [1.54, 1.807) is 0 Å². The van der Waals surface area contributed by atoms with Crippen molar-refractivity contribution >= 4 is 0 Å². The molecule has 0 aromatic heterocycles. The van der Waals surface area contributed by atoms with Gasteiger partial charge in [-0.3, -0.25) is 0 Å². The third-order valence-corrected chi connectivity index (χ3v) is 0. The second-order valence-electron chi connectivity index (χ2n) is 0.951. The summed E-state index contributed by atoms with van der Waals surface area (Å²) >= 11 is 0. The zero-order valence-corrected chi connectivity index (χ0v) is 9.80. The van der Waals surface area contributed by atoms with Crippen LogP contribution in [0.2, 0.25) is 0 Å². The topological polar surface area (TPSA) is 253 Å². The van der Waals surface area contributed by atoms with Gasteiger partial charge in [0.1, 0.15) is 0 Å². The molecule has 0 fully saturated rings. The van der Waals surface area contributed by atoms with Crippen molar-refractivity contribution in [3.05, 3.63) is 40.5 Å². The summed E-state index contributed by atoms with van der Waals surface area (Å²) in [6.45, 7) is 0. The molecule has 0 aromatic rings. The fourth-order valence-electron chi connectivity index (χ4n) is 0. The van der Waals surface area contributed by atoms with Gasteiger partial charge in [0, 0.05) is 26.2 Å². The predicted molar refractivity (Wildman–Crippen MR) is 35.1 cm³/mol. The summed E-state index contributed by atoms with van der Waals surface area (Å²) in [5.74, 6) is 0. The molecule has 100 valence electrons. The molecule has 0 amide bonds. The summed E-state index contributed by atoms with van der Waals surface area (Å²) in [5, 5.41) is 54.6. The van der Waals surface area contributed by atoms with Crippen LogP contribution in [0.5, 0.6) is 0 Å². The average Bonchev–Trinajstić information content (AvgIpc) is 1.76. The molecule has 0 aromatic carbocycles. The minimum Gasteiger partial charge on any atom is -0.328 e. The van der Waals surface area contributed by atoms with Gasteiger partial charge in [0.25, 0.3) is 20.3 Å². The van der Waals surface area contributed by atoms with E-state index >= 15 is 0 Å². The number of hydrogen-bond acceptors (Lipinski definition) is 8. The predicted octanol–water partition coefficient (Wildman–Crippen LogP) is -1.39. The van der Waals surface area contributed by atoms with Crippen LogP contribution in [0.4, 0.5) is 0 Å². The molecule has 0 spiro atoms. The van der Waals surface area contributed by atoms with Crippen molar-refractivity contribution in [3.63, 3.8) is 0 Å². The van der Waals surface area contributed by atoms with Gasteiger partial charge < -0.3 is 20.8 Å². The first-order valence-electron chi connectivity index (χ1n) is 2.26. The summed E-state index contributed by atoms with van der Waals surface area (Å²) in [4.78, 5) is 33.4. The maximum Gasteiger partial charge on any atom is 0.291 e. The van der Waals surface area contributed by atoms with Crippen molar-refractivity contribution in [1.29, 1.82) is 0 Å². The Balaban J connectivity index is -0.0000000369. The molecule has 0 unspecified atom stereocenters. The Kier molecular flexibility index (Phi) is 40.5. The molecule has 0 aliphatic carbocycles. The van der Waals surface area contributed by atoms with E-state index in [-0.39, 0.29) is 26.2 Å². The van der Waals surface area contributed by atoms with Crippen molar-refractivity contribution in [2.24, 2.45) is 0 Å². The van der Waals surface area contributed by atoms with Crippen LogP contribution in [0.15, 0.2) is 0 Å². The summed E-state index contributed by atoms with van der Waals surface area (Å²) in [6, 6.07) is 0. The van der Waals surface area contributed by atoms with E-state index in [9.17, 15) is 0 Å². The van der Waals surface area contributed by atoms with Crippen molar-refractivity contribution in [2.75, 3.05) is 0 Å². The van der Waals surface area contributed by atoms with Gasteiger partial charge in [0.15, 0.2) is 0 Å². The molecule has 0 bridgehead atoms. The molecule has 0 aliphatic rings. The van der Waals surface area contributed by atoms with Gasteiger partial charge in [0.2, 0.25) is 0 Å². The SMILES string of the molecule is O=[N+]([O-])O.O=[N+]([O-])O.O=[N+]([O-])O.O=[N+]([O-])O.[Zr]. The maximum atomic E-state index is 8.36. The number of hydrogen-bond donors (Lipinski definition) is 4. The minimum absolute atomic E-state index is 0. The molecule has 4 N–H and O–H groups in total. The Morgan fingerprint density at radius 3 is 0.529 bits per heavy atom. The summed E-state index contributed by atoms with van der Waals surface area (Å²) in [6.07, 6.45) is 0. The van der Waals surface area contributed by atoms with Crippen molar-refractivity contribution < 1.29 is 67.4 Å². The molecule has 0 saturated carbocycles. The molecule has 0 saturated heterocycles. The molecule has 0 aliphatic heterocycles. The molecule has 17 heteroatoms. The molecule has 0 rings (SSSR count). The van der Waals surface area contributed by atoms with Crippen LogP contribution < -0.4 is 0 Å². The Labute approximate surface area is 108 Å². The molecule has 0 atom stereocenters. The molecule has 0 radical (unpaired) electrons. The monoisotopic (exact) mass is 342 g/mol. The van der Waals surface area contributed by atoms with E-state index in [4.69, 9.17) is 61.3 Å². The second kappa shape index (κ2) is 23.5. The fraction of sp³-hybridized carbons (Fsp3) is 0. The van der Waals surface area contributed by atoms with Crippen LogP contribution in [-0.4, -0.2) is 41.2 Å². The Morgan fingerprint density at radius 2 is 0.529 bits per heavy atom. The van der Waals surface area contributed by atoms with Crippen molar-refractivity contribution in [1.82, 2.24) is 0 Å². The second-order valence-corrected chi connectivity index (χ2v) is 0.951. The van der Waals surface area contributed by atoms with Crippen molar-refractivity contribution in [2.45, 2.75) is 0 Å². The van der Waals surface area contributed by atoms with E-state index in [1.807, 2.05) is 0 Å². The van der Waals surface area contributed by atoms with E-state index < -0.39 is 20.3 Å². The zero-order chi connectivity index (χ0) is 14.3. The van der Waals surface area contributed by atoms with Gasteiger partial charge in [0.05, 0.1) is 0 Å². The third kappa shape index (κ3) is 348. The van der Waals surface area contributed by atoms with Crippen molar-refractivity contribution in [3.8, 4) is 0 Å². The van der Waals surface area contributed by atoms with Crippen LogP contribution in [0.25, 0.3) is 0 Å². The van der Waals surface area contributed by atoms with Gasteiger partial charge in [-0.2, -0.15) is 0 Å². The van der Waals surface area contributed by atoms with E-state index in [1.165, 1.54) is 0 Å². The third-order valence-electron chi connectivity index (χ3n) is 0. The first-order chi connectivity index (χ1) is 6.93. The smallest absolute Gasteiger partial charge is 0.291 e. The maximum absolute atomic E-state index is 8.36. The van der Waals surface area contributed by atoms with Crippen LogP contribution in [0, 0.1) is 40.5 Å². The van der Waals surface area contributed by atoms with Gasteiger partial charge >= 0.3 is 0 Å². The summed E-state index contributed by atoms with van der Waals surface area (Å²) < 4.78 is 0. The van der Waals surface area contributed by atoms with Crippen LogP contribution >= 0.6 is 0 Å². The van der Waals surface area contributed by atoms with E-state index in [0.717, 1.165) is 0 Å². The van der Waals surface area contributed by atoms with Gasteiger partial charge in [-0.1, -0.05) is 0 Å². The first kappa shape index (κ1) is 29.3. The normalized spacial score (nSPS) is 5.65. The molecular weight excluding hydrogens is 339 g/mol. The Hall–Kier alpha value is -2.32. The largest absolute Gasteiger partial charge is 0.328 e. The zero-order valence-electron chi connectivity index (χ0n) is 7.34. The number of nitrogens with zero attached hydrogens (tertiary/aromatic N) is 4. The Bertz CT molecular complexity index is 159. The van der Waals surface area contributed by atoms with Gasteiger partial charge in [-0.25, -0.2) is 0 Å². The standard InChI is InChI=1S/4HNO3.Zr/c4*2-1(3)4;/h4*(H,2,3,4);. The quantitative estimate of drug-likeness (QED) is 0.292. The fourth-order valence-corrected chi connectivity index (χ4v) is 0. The summed E-state index contributed by atoms with van der Waals surface area (Å²) in [7, 11) is 0. The molecule has 0 heterocycles. The first-order valence-corrected chi connectivity index (χ1v) is 2.26. The van der Waals surface area contributed by atoms with Crippen LogP contribution in [0.3, 0.4) is 0 Å². The molecule has 17 heavy (non-hydrogen) atoms. The minimum atomic E-state index is -1.50.